The lowest BCUT2D eigenvalue weighted by atomic mass is 10.1. The van der Waals surface area contributed by atoms with Gasteiger partial charge in [-0.3, -0.25) is 0 Å². The fraction of sp³-hybridized carbons (Fsp3) is 0.286. The van der Waals surface area contributed by atoms with Crippen LogP contribution < -0.4 is 4.74 Å². The maximum Gasteiger partial charge on any atom is 0.399 e. The monoisotopic (exact) mass is 261 g/mol. The van der Waals surface area contributed by atoms with Crippen LogP contribution in [0.15, 0.2) is 34.9 Å². The molecule has 1 aromatic heterocycles. The molecule has 0 amide bonds. The molecule has 5 nitrogen and oxygen atoms in total. The van der Waals surface area contributed by atoms with Crippen molar-refractivity contribution in [2.24, 2.45) is 0 Å². The van der Waals surface area contributed by atoms with Crippen LogP contribution in [-0.2, 0) is 11.2 Å². The lowest BCUT2D eigenvalue weighted by molar-refractivity contribution is 0.0519. The van der Waals surface area contributed by atoms with E-state index in [-0.39, 0.29) is 11.8 Å². The highest BCUT2D eigenvalue weighted by Gasteiger charge is 2.15. The maximum absolute atomic E-state index is 11.4. The first-order valence-corrected chi connectivity index (χ1v) is 6.13. The van der Waals surface area contributed by atoms with Crippen LogP contribution in [0.3, 0.4) is 0 Å². The highest BCUT2D eigenvalue weighted by atomic mass is 16.6. The van der Waals surface area contributed by atoms with Crippen LogP contribution in [0.25, 0.3) is 0 Å². The van der Waals surface area contributed by atoms with Gasteiger partial charge in [-0.1, -0.05) is 25.1 Å². The Morgan fingerprint density at radius 2 is 2.11 bits per heavy atom. The molecule has 2 aromatic rings. The lowest BCUT2D eigenvalue weighted by Crippen LogP contribution is -2.04. The van der Waals surface area contributed by atoms with Crippen LogP contribution in [0.5, 0.6) is 11.8 Å². The molecule has 0 N–H and O–H groups in total. The molecule has 0 bridgehead atoms. The molecule has 0 fully saturated rings. The molecule has 100 valence electrons. The van der Waals surface area contributed by atoms with Gasteiger partial charge in [-0.15, -0.1) is 0 Å². The Kier molecular flexibility index (Phi) is 4.18. The normalized spacial score (nSPS) is 10.2. The van der Waals surface area contributed by atoms with E-state index < -0.39 is 5.97 Å². The average Bonchev–Trinajstić information content (AvgIpc) is 2.88. The summed E-state index contributed by atoms with van der Waals surface area (Å²) in [5.41, 5.74) is 1.14. The van der Waals surface area contributed by atoms with Crippen molar-refractivity contribution >= 4 is 5.97 Å². The number of aromatic nitrogens is 1. The highest BCUT2D eigenvalue weighted by Crippen LogP contribution is 2.25. The van der Waals surface area contributed by atoms with Gasteiger partial charge in [0.2, 0.25) is 0 Å². The van der Waals surface area contributed by atoms with Crippen molar-refractivity contribution in [1.29, 1.82) is 0 Å². The van der Waals surface area contributed by atoms with Crippen molar-refractivity contribution in [2.75, 3.05) is 6.61 Å². The average molecular weight is 261 g/mol. The highest BCUT2D eigenvalue weighted by molar-refractivity contribution is 5.86. The van der Waals surface area contributed by atoms with E-state index in [1.165, 1.54) is 6.26 Å². The zero-order chi connectivity index (χ0) is 13.7. The van der Waals surface area contributed by atoms with Gasteiger partial charge in [-0.2, -0.15) is 4.98 Å². The number of oxazole rings is 1. The molecular weight excluding hydrogens is 246 g/mol. The quantitative estimate of drug-likeness (QED) is 0.773. The van der Waals surface area contributed by atoms with Crippen molar-refractivity contribution in [1.82, 2.24) is 4.98 Å². The molecule has 5 heteroatoms. The van der Waals surface area contributed by atoms with Crippen molar-refractivity contribution in [3.05, 3.63) is 41.8 Å². The van der Waals surface area contributed by atoms with Crippen molar-refractivity contribution in [2.45, 2.75) is 20.3 Å². The number of aryl methyl sites for hydroxylation is 1. The van der Waals surface area contributed by atoms with E-state index in [0.29, 0.717) is 12.4 Å². The minimum absolute atomic E-state index is 0.0314. The van der Waals surface area contributed by atoms with Crippen molar-refractivity contribution in [3.8, 4) is 11.8 Å². The molecular formula is C14H15NO4. The Bertz CT molecular complexity index is 562. The number of hydrogen-bond acceptors (Lipinski definition) is 5. The third-order valence-corrected chi connectivity index (χ3v) is 2.52. The molecule has 0 radical (unpaired) electrons. The molecule has 0 aliphatic carbocycles. The number of benzene rings is 1. The van der Waals surface area contributed by atoms with Gasteiger partial charge in [0.15, 0.2) is 5.69 Å². The first kappa shape index (κ1) is 13.1. The molecule has 0 aliphatic rings. The number of carbonyl (C=O) groups excluding carboxylic acids is 1. The number of ether oxygens (including phenoxy) is 2. The molecule has 2 rings (SSSR count). The second-order valence-electron chi connectivity index (χ2n) is 3.78. The zero-order valence-corrected chi connectivity index (χ0v) is 10.9. The molecule has 0 atom stereocenters. The number of esters is 1. The Morgan fingerprint density at radius 3 is 2.84 bits per heavy atom. The summed E-state index contributed by atoms with van der Waals surface area (Å²) < 4.78 is 15.4. The maximum atomic E-state index is 11.4. The van der Waals surface area contributed by atoms with Crippen molar-refractivity contribution in [3.63, 3.8) is 0 Å². The Morgan fingerprint density at radius 1 is 1.32 bits per heavy atom. The molecule has 0 saturated heterocycles. The molecule has 0 spiro atoms. The van der Waals surface area contributed by atoms with Gasteiger partial charge >= 0.3 is 12.0 Å². The summed E-state index contributed by atoms with van der Waals surface area (Å²) in [5, 5.41) is 0. The van der Waals surface area contributed by atoms with Gasteiger partial charge in [0.1, 0.15) is 12.0 Å². The fourth-order valence-electron chi connectivity index (χ4n) is 1.59. The van der Waals surface area contributed by atoms with Gasteiger partial charge in [0.25, 0.3) is 0 Å². The lowest BCUT2D eigenvalue weighted by Gasteiger charge is -2.05. The van der Waals surface area contributed by atoms with E-state index in [0.717, 1.165) is 12.0 Å². The second-order valence-corrected chi connectivity index (χ2v) is 3.78. The van der Waals surface area contributed by atoms with Gasteiger partial charge in [-0.25, -0.2) is 4.79 Å². The predicted molar refractivity (Wildman–Crippen MR) is 68.4 cm³/mol. The topological polar surface area (TPSA) is 61.6 Å². The third-order valence-electron chi connectivity index (χ3n) is 2.52. The minimum Gasteiger partial charge on any atom is -0.461 e. The van der Waals surface area contributed by atoms with Crippen LogP contribution in [0.4, 0.5) is 0 Å². The van der Waals surface area contributed by atoms with Crippen LogP contribution >= 0.6 is 0 Å². The second kappa shape index (κ2) is 6.04. The van der Waals surface area contributed by atoms with E-state index in [4.69, 9.17) is 13.9 Å². The Balaban J connectivity index is 2.13. The van der Waals surface area contributed by atoms with Crippen LogP contribution in [0, 0.1) is 0 Å². The Hall–Kier alpha value is -2.30. The third kappa shape index (κ3) is 3.13. The number of nitrogens with zero attached hydrogens (tertiary/aromatic N) is 1. The SMILES string of the molecule is CCOC(=O)c1coc(Oc2ccccc2CC)n1. The number of para-hydroxylation sites is 1. The largest absolute Gasteiger partial charge is 0.461 e. The molecule has 0 saturated carbocycles. The van der Waals surface area contributed by atoms with E-state index in [2.05, 4.69) is 4.98 Å². The van der Waals surface area contributed by atoms with Gasteiger partial charge in [0.05, 0.1) is 6.61 Å². The Labute approximate surface area is 111 Å². The first-order valence-electron chi connectivity index (χ1n) is 6.13. The zero-order valence-electron chi connectivity index (χ0n) is 10.9. The van der Waals surface area contributed by atoms with Crippen molar-refractivity contribution < 1.29 is 18.7 Å². The van der Waals surface area contributed by atoms with Crippen LogP contribution in [0.2, 0.25) is 0 Å². The minimum atomic E-state index is -0.523. The van der Waals surface area contributed by atoms with Gasteiger partial charge < -0.3 is 13.9 Å². The summed E-state index contributed by atoms with van der Waals surface area (Å²) in [6.07, 6.45) is 2.09. The smallest absolute Gasteiger partial charge is 0.399 e. The fourth-order valence-corrected chi connectivity index (χ4v) is 1.59. The molecule has 1 heterocycles. The summed E-state index contributed by atoms with van der Waals surface area (Å²) >= 11 is 0. The molecule has 19 heavy (non-hydrogen) atoms. The number of rotatable bonds is 5. The number of hydrogen-bond donors (Lipinski definition) is 0. The summed E-state index contributed by atoms with van der Waals surface area (Å²) in [6, 6.07) is 7.59. The standard InChI is InChI=1S/C14H15NO4/c1-3-10-7-5-6-8-12(10)19-14-15-11(9-18-14)13(16)17-4-2/h5-9H,3-4H2,1-2H3. The molecule has 0 unspecified atom stereocenters. The number of carbonyl (C=O) groups is 1. The van der Waals surface area contributed by atoms with Gasteiger partial charge in [0, 0.05) is 0 Å². The van der Waals surface area contributed by atoms with E-state index in [1.807, 2.05) is 31.2 Å². The molecule has 0 aliphatic heterocycles. The van der Waals surface area contributed by atoms with Crippen LogP contribution in [-0.4, -0.2) is 17.6 Å². The summed E-state index contributed by atoms with van der Waals surface area (Å²) in [6.45, 7) is 4.05. The summed E-state index contributed by atoms with van der Waals surface area (Å²) in [7, 11) is 0. The first-order chi connectivity index (χ1) is 9.24. The van der Waals surface area contributed by atoms with E-state index >= 15 is 0 Å². The van der Waals surface area contributed by atoms with E-state index in [1.54, 1.807) is 6.92 Å². The molecule has 1 aromatic carbocycles. The van der Waals surface area contributed by atoms with E-state index in [9.17, 15) is 4.79 Å². The summed E-state index contributed by atoms with van der Waals surface area (Å²) in [5.74, 6) is 0.145. The van der Waals surface area contributed by atoms with Gasteiger partial charge in [-0.05, 0) is 25.0 Å². The predicted octanol–water partition coefficient (Wildman–Crippen LogP) is 3.21. The summed E-state index contributed by atoms with van der Waals surface area (Å²) in [4.78, 5) is 15.4. The van der Waals surface area contributed by atoms with Crippen LogP contribution in [0.1, 0.15) is 29.9 Å².